The Hall–Kier alpha value is -0.150. The molecule has 0 radical (unpaired) electrons. The zero-order valence-electron chi connectivity index (χ0n) is 4.72. The molecule has 0 saturated heterocycles. The van der Waals surface area contributed by atoms with E-state index in [1.165, 1.54) is 22.7 Å². The Bertz CT molecular complexity index is 210. The highest BCUT2D eigenvalue weighted by Crippen LogP contribution is 2.12. The van der Waals surface area contributed by atoms with E-state index in [-0.39, 0.29) is 4.06 Å². The van der Waals surface area contributed by atoms with Crippen molar-refractivity contribution in [3.05, 3.63) is 18.6 Å². The molecule has 0 fully saturated rings. The average molecular weight is 146 g/mol. The molecular weight excluding hydrogens is 140 g/mol. The molecule has 8 heavy (non-hydrogen) atoms. The van der Waals surface area contributed by atoms with Gasteiger partial charge in [0, 0.05) is 9.75 Å². The number of hydrogen-bond donors (Lipinski definition) is 0. The minimum atomic E-state index is 0.208. The molecule has 0 spiro atoms. The van der Waals surface area contributed by atoms with Crippen LogP contribution in [0.4, 0.5) is 0 Å². The van der Waals surface area contributed by atoms with Gasteiger partial charge in [0.05, 0.1) is 0 Å². The van der Waals surface area contributed by atoms with Crippen LogP contribution in [-0.4, -0.2) is 0 Å². The molecular formula is C5H6OS2. The summed E-state index contributed by atoms with van der Waals surface area (Å²) >= 11 is 2.66. The summed E-state index contributed by atoms with van der Waals surface area (Å²) in [6.45, 7) is 3.94. The summed E-state index contributed by atoms with van der Waals surface area (Å²) in [4.78, 5) is 12.9. The topological polar surface area (TPSA) is 17.1 Å². The van der Waals surface area contributed by atoms with Crippen LogP contribution in [0.2, 0.25) is 0 Å². The van der Waals surface area contributed by atoms with Crippen molar-refractivity contribution in [1.82, 2.24) is 0 Å². The molecule has 1 aromatic heterocycles. The van der Waals surface area contributed by atoms with E-state index in [0.717, 1.165) is 9.75 Å². The van der Waals surface area contributed by atoms with E-state index >= 15 is 0 Å². The maximum absolute atomic E-state index is 10.5. The summed E-state index contributed by atoms with van der Waals surface area (Å²) in [6, 6.07) is 0. The Balaban J connectivity index is 3.35. The Kier molecular flexibility index (Phi) is 1.49. The number of hydrogen-bond acceptors (Lipinski definition) is 3. The van der Waals surface area contributed by atoms with Gasteiger partial charge in [-0.2, -0.15) is 0 Å². The largest absolute Gasteiger partial charge is 0.287 e. The van der Waals surface area contributed by atoms with Crippen LogP contribution in [0.1, 0.15) is 9.75 Å². The zero-order valence-corrected chi connectivity index (χ0v) is 6.36. The second-order valence-corrected chi connectivity index (χ2v) is 4.20. The summed E-state index contributed by atoms with van der Waals surface area (Å²) in [5.74, 6) is 0. The Morgan fingerprint density at radius 1 is 1.12 bits per heavy atom. The van der Waals surface area contributed by atoms with Crippen LogP contribution in [0.15, 0.2) is 4.79 Å². The van der Waals surface area contributed by atoms with Gasteiger partial charge in [-0.05, 0) is 13.8 Å². The molecule has 0 saturated carbocycles. The predicted octanol–water partition coefficient (Wildman–Crippen LogP) is 1.79. The van der Waals surface area contributed by atoms with Crippen molar-refractivity contribution in [2.75, 3.05) is 0 Å². The third kappa shape index (κ3) is 0.980. The normalized spacial score (nSPS) is 9.75. The fraction of sp³-hybridized carbons (Fsp3) is 0.400. The monoisotopic (exact) mass is 146 g/mol. The van der Waals surface area contributed by atoms with Crippen molar-refractivity contribution in [2.24, 2.45) is 0 Å². The zero-order chi connectivity index (χ0) is 6.15. The minimum absolute atomic E-state index is 0.208. The van der Waals surface area contributed by atoms with Crippen molar-refractivity contribution >= 4 is 22.7 Å². The lowest BCUT2D eigenvalue weighted by Crippen LogP contribution is -1.73. The first-order chi connectivity index (χ1) is 3.70. The highest BCUT2D eigenvalue weighted by atomic mass is 32.2. The van der Waals surface area contributed by atoms with Crippen molar-refractivity contribution in [3.8, 4) is 0 Å². The Labute approximate surface area is 55.6 Å². The Morgan fingerprint density at radius 3 is 1.62 bits per heavy atom. The molecule has 1 aromatic rings. The maximum atomic E-state index is 10.5. The molecule has 0 atom stereocenters. The number of aryl methyl sites for hydroxylation is 2. The van der Waals surface area contributed by atoms with Crippen molar-refractivity contribution in [1.29, 1.82) is 0 Å². The van der Waals surface area contributed by atoms with Gasteiger partial charge in [-0.15, -0.1) is 0 Å². The third-order valence-electron chi connectivity index (χ3n) is 0.969. The van der Waals surface area contributed by atoms with Crippen LogP contribution >= 0.6 is 22.7 Å². The van der Waals surface area contributed by atoms with E-state index in [0.29, 0.717) is 0 Å². The first-order valence-corrected chi connectivity index (χ1v) is 3.90. The first kappa shape index (κ1) is 5.98. The first-order valence-electron chi connectivity index (χ1n) is 2.27. The Morgan fingerprint density at radius 2 is 1.50 bits per heavy atom. The van der Waals surface area contributed by atoms with E-state index in [4.69, 9.17) is 0 Å². The fourth-order valence-corrected chi connectivity index (χ4v) is 2.37. The lowest BCUT2D eigenvalue weighted by atomic mass is 10.5. The van der Waals surface area contributed by atoms with Crippen LogP contribution < -0.4 is 4.06 Å². The van der Waals surface area contributed by atoms with Crippen LogP contribution in [-0.2, 0) is 0 Å². The molecule has 0 amide bonds. The molecule has 0 aromatic carbocycles. The molecule has 44 valence electrons. The summed E-state index contributed by atoms with van der Waals surface area (Å²) < 4.78 is 0.208. The van der Waals surface area contributed by atoms with E-state index in [1.807, 2.05) is 13.8 Å². The van der Waals surface area contributed by atoms with E-state index < -0.39 is 0 Å². The number of rotatable bonds is 0. The van der Waals surface area contributed by atoms with Crippen molar-refractivity contribution in [2.45, 2.75) is 13.8 Å². The van der Waals surface area contributed by atoms with E-state index in [2.05, 4.69) is 0 Å². The van der Waals surface area contributed by atoms with E-state index in [9.17, 15) is 4.79 Å². The standard InChI is InChI=1S/C5H6OS2/c1-3-4(2)8-5(6)7-3/h1-2H3. The summed E-state index contributed by atoms with van der Waals surface area (Å²) in [7, 11) is 0. The van der Waals surface area contributed by atoms with Crippen LogP contribution in [0.3, 0.4) is 0 Å². The van der Waals surface area contributed by atoms with Gasteiger partial charge in [0.1, 0.15) is 0 Å². The molecule has 0 aliphatic rings. The molecule has 1 nitrogen and oxygen atoms in total. The summed E-state index contributed by atoms with van der Waals surface area (Å²) in [5.41, 5.74) is 0. The predicted molar refractivity (Wildman–Crippen MR) is 37.9 cm³/mol. The van der Waals surface area contributed by atoms with Crippen LogP contribution in [0, 0.1) is 13.8 Å². The molecule has 0 N–H and O–H groups in total. The molecule has 1 rings (SSSR count). The van der Waals surface area contributed by atoms with Gasteiger partial charge in [-0.1, -0.05) is 22.7 Å². The van der Waals surface area contributed by atoms with Gasteiger partial charge in [-0.25, -0.2) is 0 Å². The second-order valence-electron chi connectivity index (χ2n) is 1.57. The minimum Gasteiger partial charge on any atom is -0.265 e. The quantitative estimate of drug-likeness (QED) is 0.545. The van der Waals surface area contributed by atoms with Gasteiger partial charge in [0.2, 0.25) is 0 Å². The lowest BCUT2D eigenvalue weighted by molar-refractivity contribution is 1.51. The van der Waals surface area contributed by atoms with Gasteiger partial charge >= 0.3 is 0 Å². The second kappa shape index (κ2) is 1.99. The van der Waals surface area contributed by atoms with Crippen molar-refractivity contribution in [3.63, 3.8) is 0 Å². The third-order valence-corrected chi connectivity index (χ3v) is 3.16. The van der Waals surface area contributed by atoms with Gasteiger partial charge in [-0.3, -0.25) is 4.79 Å². The summed E-state index contributed by atoms with van der Waals surface area (Å²) in [6.07, 6.45) is 0. The summed E-state index contributed by atoms with van der Waals surface area (Å²) in [5, 5.41) is 0. The van der Waals surface area contributed by atoms with E-state index in [1.54, 1.807) is 0 Å². The smallest absolute Gasteiger partial charge is 0.265 e. The van der Waals surface area contributed by atoms with Crippen molar-refractivity contribution < 1.29 is 0 Å². The molecule has 0 aliphatic heterocycles. The SMILES string of the molecule is Cc1sc(=O)sc1C. The molecule has 3 heteroatoms. The van der Waals surface area contributed by atoms with Crippen LogP contribution in [0.5, 0.6) is 0 Å². The van der Waals surface area contributed by atoms with Gasteiger partial charge in [0.15, 0.2) is 0 Å². The van der Waals surface area contributed by atoms with Gasteiger partial charge in [0.25, 0.3) is 4.06 Å². The molecule has 0 unspecified atom stereocenters. The highest BCUT2D eigenvalue weighted by Gasteiger charge is 1.95. The lowest BCUT2D eigenvalue weighted by Gasteiger charge is -1.77. The fourth-order valence-electron chi connectivity index (χ4n) is 0.415. The van der Waals surface area contributed by atoms with Gasteiger partial charge < -0.3 is 0 Å². The molecule has 0 aliphatic carbocycles. The average Bonchev–Trinajstić information content (AvgIpc) is 1.85. The van der Waals surface area contributed by atoms with Crippen LogP contribution in [0.25, 0.3) is 0 Å². The molecule has 0 bridgehead atoms. The molecule has 1 heterocycles. The highest BCUT2D eigenvalue weighted by molar-refractivity contribution is 7.27. The maximum Gasteiger partial charge on any atom is 0.287 e.